The second kappa shape index (κ2) is 7.25. The first-order valence-electron chi connectivity index (χ1n) is 9.23. The zero-order valence-corrected chi connectivity index (χ0v) is 16.2. The minimum absolute atomic E-state index is 0.0156. The summed E-state index contributed by atoms with van der Waals surface area (Å²) in [6, 6.07) is 11.9. The minimum Gasteiger partial charge on any atom is -0.360 e. The number of hydrogen-bond donors (Lipinski definition) is 1. The molecule has 1 aromatic carbocycles. The molecule has 1 aliphatic rings. The van der Waals surface area contributed by atoms with Crippen LogP contribution >= 0.6 is 11.3 Å². The van der Waals surface area contributed by atoms with E-state index in [0.29, 0.717) is 29.4 Å². The fourth-order valence-corrected chi connectivity index (χ4v) is 4.32. The van der Waals surface area contributed by atoms with E-state index in [1.165, 1.54) is 21.0 Å². The number of halogens is 1. The summed E-state index contributed by atoms with van der Waals surface area (Å²) in [7, 11) is 0. The van der Waals surface area contributed by atoms with Gasteiger partial charge in [-0.25, -0.2) is 4.39 Å². The molecule has 0 unspecified atom stereocenters. The summed E-state index contributed by atoms with van der Waals surface area (Å²) in [5.41, 5.74) is 2.05. The summed E-state index contributed by atoms with van der Waals surface area (Å²) in [6.07, 6.45) is 0.898. The van der Waals surface area contributed by atoms with Crippen molar-refractivity contribution in [1.82, 2.24) is 24.7 Å². The van der Waals surface area contributed by atoms with Crippen LogP contribution in [0.5, 0.6) is 0 Å². The highest BCUT2D eigenvalue weighted by Crippen LogP contribution is 2.24. The predicted molar refractivity (Wildman–Crippen MR) is 108 cm³/mol. The van der Waals surface area contributed by atoms with Crippen LogP contribution in [0.4, 0.5) is 10.2 Å². The second-order valence-corrected chi connectivity index (χ2v) is 7.78. The van der Waals surface area contributed by atoms with Crippen molar-refractivity contribution in [3.63, 3.8) is 0 Å². The van der Waals surface area contributed by atoms with Crippen LogP contribution in [0.3, 0.4) is 0 Å². The molecule has 1 amide bonds. The van der Waals surface area contributed by atoms with Gasteiger partial charge in [0.1, 0.15) is 11.6 Å². The first-order chi connectivity index (χ1) is 14.2. The van der Waals surface area contributed by atoms with Gasteiger partial charge in [0.25, 0.3) is 0 Å². The Morgan fingerprint density at radius 2 is 2.07 bits per heavy atom. The predicted octanol–water partition coefficient (Wildman–Crippen LogP) is 2.99. The van der Waals surface area contributed by atoms with Gasteiger partial charge in [0, 0.05) is 18.0 Å². The van der Waals surface area contributed by atoms with Gasteiger partial charge >= 0.3 is 0 Å². The normalized spacial score (nSPS) is 13.5. The lowest BCUT2D eigenvalue weighted by Crippen LogP contribution is -2.38. The second-order valence-electron chi connectivity index (χ2n) is 6.78. The molecule has 146 valence electrons. The number of rotatable bonds is 4. The maximum atomic E-state index is 14.1. The van der Waals surface area contributed by atoms with Gasteiger partial charge in [-0.3, -0.25) is 4.79 Å². The average molecular weight is 408 g/mol. The number of carbonyl (C=O) groups is 1. The zero-order valence-electron chi connectivity index (χ0n) is 15.4. The van der Waals surface area contributed by atoms with Crippen LogP contribution in [-0.4, -0.2) is 43.7 Å². The SMILES string of the molecule is O=C(CNc1ccc2nnc(-c3ccccc3F)n2n1)N1CCc2sccc2C1. The van der Waals surface area contributed by atoms with Crippen LogP contribution < -0.4 is 5.32 Å². The molecule has 4 aromatic rings. The highest BCUT2D eigenvalue weighted by molar-refractivity contribution is 7.10. The van der Waals surface area contributed by atoms with Gasteiger partial charge in [0.05, 0.1) is 12.1 Å². The minimum atomic E-state index is -0.393. The number of benzene rings is 1. The van der Waals surface area contributed by atoms with Crippen molar-refractivity contribution >= 4 is 28.7 Å². The lowest BCUT2D eigenvalue weighted by atomic mass is 10.1. The molecule has 0 atom stereocenters. The maximum Gasteiger partial charge on any atom is 0.242 e. The van der Waals surface area contributed by atoms with Gasteiger partial charge < -0.3 is 10.2 Å². The van der Waals surface area contributed by atoms with Crippen molar-refractivity contribution in [2.45, 2.75) is 13.0 Å². The van der Waals surface area contributed by atoms with Crippen molar-refractivity contribution < 1.29 is 9.18 Å². The van der Waals surface area contributed by atoms with Gasteiger partial charge in [0.15, 0.2) is 11.5 Å². The average Bonchev–Trinajstić information content (AvgIpc) is 3.38. The summed E-state index contributed by atoms with van der Waals surface area (Å²) in [5.74, 6) is 0.433. The van der Waals surface area contributed by atoms with Gasteiger partial charge in [-0.2, -0.15) is 4.52 Å². The lowest BCUT2D eigenvalue weighted by Gasteiger charge is -2.27. The van der Waals surface area contributed by atoms with E-state index in [9.17, 15) is 9.18 Å². The standard InChI is InChI=1S/C20H17FN6OS/c21-15-4-2-1-3-14(15)20-24-23-18-6-5-17(25-27(18)20)22-11-19(28)26-9-7-16-13(12-26)8-10-29-16/h1-6,8,10H,7,9,11-12H2,(H,22,25). The molecule has 5 rings (SSSR count). The Hall–Kier alpha value is -3.33. The van der Waals surface area contributed by atoms with Crippen LogP contribution in [-0.2, 0) is 17.8 Å². The monoisotopic (exact) mass is 408 g/mol. The van der Waals surface area contributed by atoms with E-state index >= 15 is 0 Å². The third-order valence-corrected chi connectivity index (χ3v) is 5.98. The fourth-order valence-electron chi connectivity index (χ4n) is 3.43. The van der Waals surface area contributed by atoms with E-state index in [1.807, 2.05) is 4.90 Å². The highest BCUT2D eigenvalue weighted by Gasteiger charge is 2.21. The van der Waals surface area contributed by atoms with Crippen molar-refractivity contribution in [3.8, 4) is 11.4 Å². The number of hydrogen-bond acceptors (Lipinski definition) is 6. The van der Waals surface area contributed by atoms with Crippen molar-refractivity contribution in [3.05, 3.63) is 64.1 Å². The lowest BCUT2D eigenvalue weighted by molar-refractivity contribution is -0.130. The molecular weight excluding hydrogens is 391 g/mol. The first-order valence-corrected chi connectivity index (χ1v) is 10.1. The third kappa shape index (κ3) is 3.33. The number of carbonyl (C=O) groups excluding carboxylic acids is 1. The molecule has 0 saturated heterocycles. The van der Waals surface area contributed by atoms with Crippen LogP contribution in [0.2, 0.25) is 0 Å². The van der Waals surface area contributed by atoms with E-state index in [4.69, 9.17) is 0 Å². The first kappa shape index (κ1) is 17.7. The van der Waals surface area contributed by atoms with Gasteiger partial charge in [-0.05, 0) is 47.7 Å². The Morgan fingerprint density at radius 3 is 2.97 bits per heavy atom. The molecule has 4 heterocycles. The van der Waals surface area contributed by atoms with Gasteiger partial charge in [0.2, 0.25) is 5.91 Å². The molecule has 7 nitrogen and oxygen atoms in total. The molecule has 1 N–H and O–H groups in total. The Bertz CT molecular complexity index is 1200. The Morgan fingerprint density at radius 1 is 1.17 bits per heavy atom. The number of nitrogens with one attached hydrogen (secondary N) is 1. The van der Waals surface area contributed by atoms with Crippen LogP contribution in [0, 0.1) is 5.82 Å². The summed E-state index contributed by atoms with van der Waals surface area (Å²) < 4.78 is 15.6. The van der Waals surface area contributed by atoms with Crippen molar-refractivity contribution in [1.29, 1.82) is 0 Å². The molecule has 1 aliphatic heterocycles. The molecule has 0 radical (unpaired) electrons. The number of nitrogens with zero attached hydrogens (tertiary/aromatic N) is 5. The zero-order chi connectivity index (χ0) is 19.8. The number of fused-ring (bicyclic) bond motifs is 2. The van der Waals surface area contributed by atoms with Crippen LogP contribution in [0.15, 0.2) is 47.8 Å². The Balaban J connectivity index is 1.33. The van der Waals surface area contributed by atoms with E-state index in [1.54, 1.807) is 41.7 Å². The fraction of sp³-hybridized carbons (Fsp3) is 0.200. The van der Waals surface area contributed by atoms with Crippen molar-refractivity contribution in [2.75, 3.05) is 18.4 Å². The van der Waals surface area contributed by atoms with Crippen LogP contribution in [0.25, 0.3) is 17.0 Å². The number of thiophene rings is 1. The van der Waals surface area contributed by atoms with Crippen LogP contribution in [0.1, 0.15) is 10.4 Å². The van der Waals surface area contributed by atoms with Gasteiger partial charge in [-0.15, -0.1) is 26.6 Å². The molecule has 3 aromatic heterocycles. The highest BCUT2D eigenvalue weighted by atomic mass is 32.1. The number of amides is 1. The quantitative estimate of drug-likeness (QED) is 0.562. The molecule has 0 saturated carbocycles. The van der Waals surface area contributed by atoms with E-state index in [2.05, 4.69) is 32.1 Å². The molecule has 0 spiro atoms. The summed E-state index contributed by atoms with van der Waals surface area (Å²) in [5, 5.41) is 17.7. The number of aromatic nitrogens is 4. The van der Waals surface area contributed by atoms with Crippen molar-refractivity contribution in [2.24, 2.45) is 0 Å². The molecular formula is C20H17FN6OS. The summed E-state index contributed by atoms with van der Waals surface area (Å²) in [6.45, 7) is 1.51. The summed E-state index contributed by atoms with van der Waals surface area (Å²) in [4.78, 5) is 15.8. The topological polar surface area (TPSA) is 75.4 Å². The number of anilines is 1. The van der Waals surface area contributed by atoms with E-state index < -0.39 is 5.82 Å². The molecule has 9 heteroatoms. The Kier molecular flexibility index (Phi) is 4.44. The third-order valence-electron chi connectivity index (χ3n) is 4.96. The van der Waals surface area contributed by atoms with Gasteiger partial charge in [-0.1, -0.05) is 12.1 Å². The van der Waals surface area contributed by atoms with E-state index in [-0.39, 0.29) is 12.5 Å². The summed E-state index contributed by atoms with van der Waals surface area (Å²) >= 11 is 1.75. The molecule has 0 bridgehead atoms. The largest absolute Gasteiger partial charge is 0.360 e. The Labute approximate surface area is 169 Å². The molecule has 0 fully saturated rings. The van der Waals surface area contributed by atoms with E-state index in [0.717, 1.165) is 13.0 Å². The molecule has 0 aliphatic carbocycles. The smallest absolute Gasteiger partial charge is 0.242 e. The maximum absolute atomic E-state index is 14.1. The molecule has 29 heavy (non-hydrogen) atoms.